The monoisotopic (exact) mass is 329 g/mol. The maximum Gasteiger partial charge on any atom is 0.255 e. The summed E-state index contributed by atoms with van der Waals surface area (Å²) in [4.78, 5) is 12.1. The summed E-state index contributed by atoms with van der Waals surface area (Å²) < 4.78 is 0.791. The first-order valence-corrected chi connectivity index (χ1v) is 8.00. The van der Waals surface area contributed by atoms with Crippen molar-refractivity contribution < 1.29 is 9.90 Å². The van der Waals surface area contributed by atoms with E-state index in [9.17, 15) is 9.90 Å². The Bertz CT molecular complexity index is 453. The van der Waals surface area contributed by atoms with Crippen molar-refractivity contribution in [2.24, 2.45) is 0 Å². The second kappa shape index (κ2) is 5.97. The molecule has 1 amide bonds. The summed E-state index contributed by atoms with van der Waals surface area (Å²) in [6, 6.07) is 5.11. The smallest absolute Gasteiger partial charge is 0.255 e. The van der Waals surface area contributed by atoms with Gasteiger partial charge in [0.1, 0.15) is 5.75 Å². The Kier molecular flexibility index (Phi) is 4.56. The fourth-order valence-electron chi connectivity index (χ4n) is 2.24. The minimum Gasteiger partial charge on any atom is -0.507 e. The average molecular weight is 330 g/mol. The van der Waals surface area contributed by atoms with Gasteiger partial charge in [-0.1, -0.05) is 15.9 Å². The van der Waals surface area contributed by atoms with Gasteiger partial charge in [-0.2, -0.15) is 11.8 Å². The first-order chi connectivity index (χ1) is 8.60. The molecule has 1 aliphatic rings. The zero-order valence-electron chi connectivity index (χ0n) is 10.1. The number of amides is 1. The molecule has 1 fully saturated rings. The van der Waals surface area contributed by atoms with Gasteiger partial charge >= 0.3 is 0 Å². The molecule has 0 radical (unpaired) electrons. The highest BCUT2D eigenvalue weighted by Gasteiger charge is 2.26. The molecule has 2 N–H and O–H groups in total. The highest BCUT2D eigenvalue weighted by Crippen LogP contribution is 2.29. The summed E-state index contributed by atoms with van der Waals surface area (Å²) in [5.41, 5.74) is 0.331. The molecule has 0 aromatic heterocycles. The molecule has 2 rings (SSSR count). The molecule has 1 saturated carbocycles. The van der Waals surface area contributed by atoms with E-state index in [0.717, 1.165) is 23.7 Å². The number of halogens is 1. The number of hydrogen-bond donors (Lipinski definition) is 2. The molecule has 2 atom stereocenters. The predicted molar refractivity (Wildman–Crippen MR) is 78.2 cm³/mol. The van der Waals surface area contributed by atoms with E-state index in [4.69, 9.17) is 0 Å². The quantitative estimate of drug-likeness (QED) is 0.895. The van der Waals surface area contributed by atoms with E-state index >= 15 is 0 Å². The van der Waals surface area contributed by atoms with Gasteiger partial charge in [-0.25, -0.2) is 0 Å². The predicted octanol–water partition coefficient (Wildman–Crippen LogP) is 3.17. The fraction of sp³-hybridized carbons (Fsp3) is 0.462. The van der Waals surface area contributed by atoms with Crippen LogP contribution in [0.3, 0.4) is 0 Å². The van der Waals surface area contributed by atoms with E-state index in [1.54, 1.807) is 12.1 Å². The lowest BCUT2D eigenvalue weighted by Crippen LogP contribution is -2.33. The maximum atomic E-state index is 12.1. The molecule has 2 unspecified atom stereocenters. The summed E-state index contributed by atoms with van der Waals surface area (Å²) in [7, 11) is 0. The average Bonchev–Trinajstić information content (AvgIpc) is 2.80. The lowest BCUT2D eigenvalue weighted by Gasteiger charge is -2.13. The van der Waals surface area contributed by atoms with Crippen molar-refractivity contribution in [2.75, 3.05) is 6.26 Å². The number of carbonyl (C=O) groups excluding carboxylic acids is 1. The van der Waals surface area contributed by atoms with Crippen LogP contribution >= 0.6 is 27.7 Å². The van der Waals surface area contributed by atoms with Gasteiger partial charge in [0, 0.05) is 15.8 Å². The number of rotatable bonds is 3. The summed E-state index contributed by atoms with van der Waals surface area (Å²) in [6.45, 7) is 0. The molecule has 0 spiro atoms. The Hall–Kier alpha value is -0.680. The van der Waals surface area contributed by atoms with E-state index < -0.39 is 0 Å². The van der Waals surface area contributed by atoms with Crippen LogP contribution in [0.1, 0.15) is 29.6 Å². The summed E-state index contributed by atoms with van der Waals surface area (Å²) in [6.07, 6.45) is 5.29. The molecule has 1 aromatic rings. The van der Waals surface area contributed by atoms with Gasteiger partial charge in [0.2, 0.25) is 0 Å². The molecule has 18 heavy (non-hydrogen) atoms. The van der Waals surface area contributed by atoms with Crippen molar-refractivity contribution >= 4 is 33.6 Å². The molecule has 0 bridgehead atoms. The first kappa shape index (κ1) is 13.7. The third-order valence-electron chi connectivity index (χ3n) is 3.26. The van der Waals surface area contributed by atoms with Crippen molar-refractivity contribution in [3.8, 4) is 5.75 Å². The Morgan fingerprint density at radius 2 is 2.28 bits per heavy atom. The van der Waals surface area contributed by atoms with E-state index in [0.29, 0.717) is 10.8 Å². The van der Waals surface area contributed by atoms with E-state index in [2.05, 4.69) is 27.5 Å². The Balaban J connectivity index is 2.02. The summed E-state index contributed by atoms with van der Waals surface area (Å²) >= 11 is 5.16. The van der Waals surface area contributed by atoms with Crippen molar-refractivity contribution in [3.63, 3.8) is 0 Å². The van der Waals surface area contributed by atoms with Gasteiger partial charge in [-0.3, -0.25) is 4.79 Å². The van der Waals surface area contributed by atoms with Gasteiger partial charge in [-0.15, -0.1) is 0 Å². The lowest BCUT2D eigenvalue weighted by molar-refractivity contribution is 0.0935. The minimum atomic E-state index is -0.194. The highest BCUT2D eigenvalue weighted by atomic mass is 79.9. The molecular weight excluding hydrogens is 314 g/mol. The van der Waals surface area contributed by atoms with Gasteiger partial charge in [0.05, 0.1) is 5.56 Å². The van der Waals surface area contributed by atoms with Gasteiger partial charge in [0.15, 0.2) is 0 Å². The molecule has 1 aromatic carbocycles. The van der Waals surface area contributed by atoms with Crippen molar-refractivity contribution in [3.05, 3.63) is 28.2 Å². The van der Waals surface area contributed by atoms with Crippen LogP contribution in [0, 0.1) is 0 Å². The standard InChI is InChI=1S/C13H16BrNO2S/c1-18-10-4-3-9(7-10)15-13(17)11-6-8(14)2-5-12(11)16/h2,5-6,9-10,16H,3-4,7H2,1H3,(H,15,17). The molecule has 0 aliphatic heterocycles. The Morgan fingerprint density at radius 1 is 1.50 bits per heavy atom. The van der Waals surface area contributed by atoms with Crippen molar-refractivity contribution in [2.45, 2.75) is 30.6 Å². The van der Waals surface area contributed by atoms with Crippen LogP contribution in [0.2, 0.25) is 0 Å². The molecule has 1 aliphatic carbocycles. The first-order valence-electron chi connectivity index (χ1n) is 5.92. The van der Waals surface area contributed by atoms with Gasteiger partial charge in [0.25, 0.3) is 5.91 Å². The summed E-state index contributed by atoms with van der Waals surface area (Å²) in [5, 5.41) is 13.3. The van der Waals surface area contributed by atoms with Crippen molar-refractivity contribution in [1.29, 1.82) is 0 Å². The number of aromatic hydroxyl groups is 1. The van der Waals surface area contributed by atoms with Crippen LogP contribution in [0.5, 0.6) is 5.75 Å². The number of benzene rings is 1. The number of hydrogen-bond acceptors (Lipinski definition) is 3. The normalized spacial score (nSPS) is 23.0. The number of phenolic OH excluding ortho intramolecular Hbond substituents is 1. The van der Waals surface area contributed by atoms with Crippen molar-refractivity contribution in [1.82, 2.24) is 5.32 Å². The molecular formula is C13H16BrNO2S. The number of thioether (sulfide) groups is 1. The van der Waals surface area contributed by atoms with Crippen LogP contribution in [-0.4, -0.2) is 28.6 Å². The second-order valence-corrected chi connectivity index (χ2v) is 6.56. The van der Waals surface area contributed by atoms with Crippen LogP contribution in [0.4, 0.5) is 0 Å². The van der Waals surface area contributed by atoms with Crippen LogP contribution in [0.25, 0.3) is 0 Å². The Labute approximate surface area is 119 Å². The molecule has 0 heterocycles. The maximum absolute atomic E-state index is 12.1. The van der Waals surface area contributed by atoms with Crippen LogP contribution < -0.4 is 5.32 Å². The largest absolute Gasteiger partial charge is 0.507 e. The second-order valence-electron chi connectivity index (χ2n) is 4.50. The zero-order valence-corrected chi connectivity index (χ0v) is 12.6. The molecule has 3 nitrogen and oxygen atoms in total. The van der Waals surface area contributed by atoms with Crippen LogP contribution in [-0.2, 0) is 0 Å². The molecule has 98 valence electrons. The Morgan fingerprint density at radius 3 is 2.94 bits per heavy atom. The third-order valence-corrected chi connectivity index (χ3v) is 4.84. The highest BCUT2D eigenvalue weighted by molar-refractivity contribution is 9.10. The van der Waals surface area contributed by atoms with Gasteiger partial charge in [-0.05, 0) is 43.7 Å². The van der Waals surface area contributed by atoms with Gasteiger partial charge < -0.3 is 10.4 Å². The van der Waals surface area contributed by atoms with E-state index in [-0.39, 0.29) is 17.7 Å². The van der Waals surface area contributed by atoms with E-state index in [1.165, 1.54) is 6.07 Å². The number of carbonyl (C=O) groups is 1. The minimum absolute atomic E-state index is 0.0233. The third kappa shape index (κ3) is 3.20. The summed E-state index contributed by atoms with van der Waals surface area (Å²) in [5.74, 6) is -0.171. The van der Waals surface area contributed by atoms with Crippen LogP contribution in [0.15, 0.2) is 22.7 Å². The number of phenols is 1. The van der Waals surface area contributed by atoms with E-state index in [1.807, 2.05) is 11.8 Å². The molecule has 0 saturated heterocycles. The lowest BCUT2D eigenvalue weighted by atomic mass is 10.1. The topological polar surface area (TPSA) is 49.3 Å². The molecule has 5 heteroatoms. The SMILES string of the molecule is CSC1CCC(NC(=O)c2cc(Br)ccc2O)C1. The zero-order chi connectivity index (χ0) is 13.1. The number of nitrogens with one attached hydrogen (secondary N) is 1. The fourth-order valence-corrected chi connectivity index (χ4v) is 3.40.